The lowest BCUT2D eigenvalue weighted by molar-refractivity contribution is -0.128. The van der Waals surface area contributed by atoms with Crippen LogP contribution in [-0.4, -0.2) is 37.9 Å². The molecule has 140 valence electrons. The van der Waals surface area contributed by atoms with Gasteiger partial charge in [-0.05, 0) is 37.1 Å². The second-order valence-electron chi connectivity index (χ2n) is 6.10. The van der Waals surface area contributed by atoms with Crippen LogP contribution < -0.4 is 0 Å². The minimum atomic E-state index is 0.0721. The molecule has 2 aromatic carbocycles. The number of thioether (sulfide) groups is 1. The van der Waals surface area contributed by atoms with Crippen LogP contribution in [0.1, 0.15) is 18.1 Å². The molecule has 0 atom stereocenters. The summed E-state index contributed by atoms with van der Waals surface area (Å²) < 4.78 is 1.84. The number of aromatic nitrogens is 3. The molecule has 5 nitrogen and oxygen atoms in total. The standard InChI is InChI=1S/C20H21ClN4OS/c1-3-24(12-16-7-5-4-6-8-16)19(26)13-27-20-23-22-14-25(20)17-10-9-15(2)18(21)11-17/h4-11,14H,3,12-13H2,1-2H3. The number of aryl methyl sites for hydroxylation is 1. The summed E-state index contributed by atoms with van der Waals surface area (Å²) >= 11 is 7.60. The zero-order valence-corrected chi connectivity index (χ0v) is 16.9. The van der Waals surface area contributed by atoms with Crippen molar-refractivity contribution in [1.82, 2.24) is 19.7 Å². The van der Waals surface area contributed by atoms with Gasteiger partial charge in [0.25, 0.3) is 0 Å². The van der Waals surface area contributed by atoms with Crippen LogP contribution in [-0.2, 0) is 11.3 Å². The van der Waals surface area contributed by atoms with Gasteiger partial charge in [-0.15, -0.1) is 10.2 Å². The van der Waals surface area contributed by atoms with Crippen molar-refractivity contribution in [3.63, 3.8) is 0 Å². The highest BCUT2D eigenvalue weighted by molar-refractivity contribution is 7.99. The van der Waals surface area contributed by atoms with Crippen molar-refractivity contribution in [2.45, 2.75) is 25.5 Å². The molecule has 1 aromatic heterocycles. The maximum absolute atomic E-state index is 12.6. The Balaban J connectivity index is 1.67. The van der Waals surface area contributed by atoms with Crippen molar-refractivity contribution in [1.29, 1.82) is 0 Å². The van der Waals surface area contributed by atoms with Crippen LogP contribution in [0.4, 0.5) is 0 Å². The molecule has 7 heteroatoms. The van der Waals surface area contributed by atoms with E-state index in [2.05, 4.69) is 10.2 Å². The van der Waals surface area contributed by atoms with E-state index < -0.39 is 0 Å². The zero-order valence-electron chi connectivity index (χ0n) is 15.3. The molecule has 0 unspecified atom stereocenters. The average Bonchev–Trinajstić information content (AvgIpc) is 3.15. The van der Waals surface area contributed by atoms with Gasteiger partial charge in [0.05, 0.1) is 11.4 Å². The molecule has 0 aliphatic carbocycles. The SMILES string of the molecule is CCN(Cc1ccccc1)C(=O)CSc1nncn1-c1ccc(C)c(Cl)c1. The van der Waals surface area contributed by atoms with Crippen LogP contribution in [0.5, 0.6) is 0 Å². The van der Waals surface area contributed by atoms with Crippen LogP contribution in [0.3, 0.4) is 0 Å². The maximum atomic E-state index is 12.6. The number of rotatable bonds is 7. The van der Waals surface area contributed by atoms with Crippen LogP contribution in [0.25, 0.3) is 5.69 Å². The summed E-state index contributed by atoms with van der Waals surface area (Å²) in [6.07, 6.45) is 1.63. The highest BCUT2D eigenvalue weighted by Crippen LogP contribution is 2.24. The summed E-state index contributed by atoms with van der Waals surface area (Å²) in [5.74, 6) is 0.377. The van der Waals surface area contributed by atoms with Gasteiger partial charge in [0.15, 0.2) is 5.16 Å². The second kappa shape index (κ2) is 9.06. The molecule has 1 heterocycles. The van der Waals surface area contributed by atoms with Gasteiger partial charge in [-0.25, -0.2) is 0 Å². The molecule has 27 heavy (non-hydrogen) atoms. The van der Waals surface area contributed by atoms with E-state index in [0.717, 1.165) is 16.8 Å². The van der Waals surface area contributed by atoms with E-state index in [1.807, 2.05) is 71.8 Å². The highest BCUT2D eigenvalue weighted by atomic mass is 35.5. The van der Waals surface area contributed by atoms with Gasteiger partial charge >= 0.3 is 0 Å². The van der Waals surface area contributed by atoms with E-state index in [1.54, 1.807) is 6.33 Å². The summed E-state index contributed by atoms with van der Waals surface area (Å²) in [5, 5.41) is 9.49. The summed E-state index contributed by atoms with van der Waals surface area (Å²) in [5.41, 5.74) is 3.01. The van der Waals surface area contributed by atoms with E-state index in [4.69, 9.17) is 11.6 Å². The van der Waals surface area contributed by atoms with Crippen LogP contribution >= 0.6 is 23.4 Å². The third-order valence-electron chi connectivity index (χ3n) is 4.23. The number of nitrogens with zero attached hydrogens (tertiary/aromatic N) is 4. The van der Waals surface area contributed by atoms with Gasteiger partial charge < -0.3 is 4.90 Å². The molecule has 0 spiro atoms. The number of carbonyl (C=O) groups is 1. The van der Waals surface area contributed by atoms with Crippen molar-refractivity contribution in [3.8, 4) is 5.69 Å². The predicted molar refractivity (Wildman–Crippen MR) is 109 cm³/mol. The molecule has 0 aliphatic rings. The van der Waals surface area contributed by atoms with Gasteiger partial charge in [-0.2, -0.15) is 0 Å². The van der Waals surface area contributed by atoms with Crippen LogP contribution in [0.2, 0.25) is 5.02 Å². The predicted octanol–water partition coefficient (Wildman–Crippen LogP) is 4.37. The number of benzene rings is 2. The number of amides is 1. The first kappa shape index (κ1) is 19.5. The summed E-state index contributed by atoms with van der Waals surface area (Å²) in [6, 6.07) is 15.8. The third kappa shape index (κ3) is 4.90. The third-order valence-corrected chi connectivity index (χ3v) is 5.56. The number of halogens is 1. The topological polar surface area (TPSA) is 51.0 Å². The lowest BCUT2D eigenvalue weighted by Gasteiger charge is -2.20. The molecular weight excluding hydrogens is 380 g/mol. The molecule has 0 saturated heterocycles. The monoisotopic (exact) mass is 400 g/mol. The Morgan fingerprint density at radius 1 is 1.22 bits per heavy atom. The molecule has 3 aromatic rings. The van der Waals surface area contributed by atoms with Gasteiger partial charge in [0.1, 0.15) is 6.33 Å². The Morgan fingerprint density at radius 2 is 2.00 bits per heavy atom. The van der Waals surface area contributed by atoms with Crippen molar-refractivity contribution in [2.75, 3.05) is 12.3 Å². The van der Waals surface area contributed by atoms with E-state index >= 15 is 0 Å². The first-order valence-corrected chi connectivity index (χ1v) is 10.1. The second-order valence-corrected chi connectivity index (χ2v) is 7.45. The van der Waals surface area contributed by atoms with Crippen molar-refractivity contribution in [2.24, 2.45) is 0 Å². The molecule has 0 aliphatic heterocycles. The van der Waals surface area contributed by atoms with Gasteiger partial charge in [0.2, 0.25) is 5.91 Å². The Labute approximate surface area is 168 Å². The molecule has 0 bridgehead atoms. The van der Waals surface area contributed by atoms with E-state index in [1.165, 1.54) is 11.8 Å². The normalized spacial score (nSPS) is 10.8. The molecule has 3 rings (SSSR count). The fourth-order valence-corrected chi connectivity index (χ4v) is 3.64. The summed E-state index contributed by atoms with van der Waals surface area (Å²) in [4.78, 5) is 14.5. The van der Waals surface area contributed by atoms with E-state index in [9.17, 15) is 4.79 Å². The fraction of sp³-hybridized carbons (Fsp3) is 0.250. The summed E-state index contributed by atoms with van der Waals surface area (Å²) in [7, 11) is 0. The van der Waals surface area contributed by atoms with Gasteiger partial charge in [-0.3, -0.25) is 9.36 Å². The number of hydrogen-bond donors (Lipinski definition) is 0. The maximum Gasteiger partial charge on any atom is 0.233 e. The summed E-state index contributed by atoms with van der Waals surface area (Å²) in [6.45, 7) is 5.21. The van der Waals surface area contributed by atoms with Crippen LogP contribution in [0.15, 0.2) is 60.0 Å². The van der Waals surface area contributed by atoms with Crippen molar-refractivity contribution >= 4 is 29.3 Å². The first-order chi connectivity index (χ1) is 13.1. The van der Waals surface area contributed by atoms with Crippen molar-refractivity contribution < 1.29 is 4.79 Å². The lowest BCUT2D eigenvalue weighted by Crippen LogP contribution is -2.31. The Kier molecular flexibility index (Phi) is 6.53. The van der Waals surface area contributed by atoms with Gasteiger partial charge in [0, 0.05) is 18.1 Å². The quantitative estimate of drug-likeness (QED) is 0.552. The minimum Gasteiger partial charge on any atom is -0.338 e. The largest absolute Gasteiger partial charge is 0.338 e. The Hall–Kier alpha value is -2.31. The molecule has 0 saturated carbocycles. The first-order valence-electron chi connectivity index (χ1n) is 8.69. The average molecular weight is 401 g/mol. The molecular formula is C20H21ClN4OS. The molecule has 0 fully saturated rings. The van der Waals surface area contributed by atoms with Gasteiger partial charge in [-0.1, -0.05) is 59.8 Å². The van der Waals surface area contributed by atoms with Crippen LogP contribution in [0, 0.1) is 6.92 Å². The van der Waals surface area contributed by atoms with E-state index in [-0.39, 0.29) is 5.91 Å². The smallest absolute Gasteiger partial charge is 0.233 e. The highest BCUT2D eigenvalue weighted by Gasteiger charge is 2.15. The number of hydrogen-bond acceptors (Lipinski definition) is 4. The Morgan fingerprint density at radius 3 is 2.70 bits per heavy atom. The molecule has 0 N–H and O–H groups in total. The van der Waals surface area contributed by atoms with Crippen molar-refractivity contribution in [3.05, 3.63) is 71.0 Å². The molecule has 1 amide bonds. The number of carbonyl (C=O) groups excluding carboxylic acids is 1. The zero-order chi connectivity index (χ0) is 19.2. The lowest BCUT2D eigenvalue weighted by atomic mass is 10.2. The minimum absolute atomic E-state index is 0.0721. The Bertz CT molecular complexity index is 913. The van der Waals surface area contributed by atoms with E-state index in [0.29, 0.717) is 29.0 Å². The fourth-order valence-electron chi connectivity index (χ4n) is 2.63. The molecule has 0 radical (unpaired) electrons.